The summed E-state index contributed by atoms with van der Waals surface area (Å²) in [6, 6.07) is 12.1. The van der Waals surface area contributed by atoms with Crippen LogP contribution in [0.4, 0.5) is 0 Å². The summed E-state index contributed by atoms with van der Waals surface area (Å²) in [5, 5.41) is 5.70. The van der Waals surface area contributed by atoms with Gasteiger partial charge in [-0.05, 0) is 36.1 Å². The highest BCUT2D eigenvalue weighted by Crippen LogP contribution is 2.07. The smallest absolute Gasteiger partial charge is 0.251 e. The van der Waals surface area contributed by atoms with Gasteiger partial charge in [0.2, 0.25) is 5.91 Å². The molecule has 1 atom stereocenters. The van der Waals surface area contributed by atoms with E-state index in [4.69, 9.17) is 0 Å². The second-order valence-electron chi connectivity index (χ2n) is 6.10. The van der Waals surface area contributed by atoms with E-state index >= 15 is 0 Å². The average Bonchev–Trinajstić information content (AvgIpc) is 2.60. The Balaban J connectivity index is 1.99. The number of carbonyl (C=O) groups excluding carboxylic acids is 2. The van der Waals surface area contributed by atoms with Crippen LogP contribution in [0, 0.1) is 5.92 Å². The Kier molecular flexibility index (Phi) is 6.49. The number of nitrogens with zero attached hydrogens (tertiary/aromatic N) is 1. The molecule has 1 aromatic heterocycles. The largest absolute Gasteiger partial charge is 0.350 e. The molecule has 0 bridgehead atoms. The van der Waals surface area contributed by atoms with Crippen molar-refractivity contribution in [3.63, 3.8) is 0 Å². The highest BCUT2D eigenvalue weighted by molar-refractivity contribution is 5.97. The fourth-order valence-corrected chi connectivity index (χ4v) is 2.35. The molecule has 0 aliphatic rings. The quantitative estimate of drug-likeness (QED) is 0.822. The molecule has 0 saturated heterocycles. The van der Waals surface area contributed by atoms with Crippen LogP contribution in [0.25, 0.3) is 0 Å². The molecule has 0 aliphatic carbocycles. The summed E-state index contributed by atoms with van der Waals surface area (Å²) in [6.45, 7) is 4.44. The predicted octanol–water partition coefficient (Wildman–Crippen LogP) is 2.54. The molecule has 0 fully saturated rings. The van der Waals surface area contributed by atoms with E-state index < -0.39 is 6.04 Å². The van der Waals surface area contributed by atoms with Gasteiger partial charge in [0.25, 0.3) is 5.91 Å². The molecule has 0 unspecified atom stereocenters. The van der Waals surface area contributed by atoms with Crippen LogP contribution in [0.1, 0.15) is 36.2 Å². The van der Waals surface area contributed by atoms with Gasteiger partial charge in [0.15, 0.2) is 0 Å². The first-order chi connectivity index (χ1) is 11.6. The third-order valence-electron chi connectivity index (χ3n) is 3.55. The van der Waals surface area contributed by atoms with Crippen LogP contribution >= 0.6 is 0 Å². The third-order valence-corrected chi connectivity index (χ3v) is 3.55. The van der Waals surface area contributed by atoms with Crippen molar-refractivity contribution in [1.29, 1.82) is 0 Å². The fourth-order valence-electron chi connectivity index (χ4n) is 2.35. The summed E-state index contributed by atoms with van der Waals surface area (Å²) in [7, 11) is 0. The number of rotatable bonds is 7. The summed E-state index contributed by atoms with van der Waals surface area (Å²) in [5.41, 5.74) is 1.47. The number of pyridine rings is 1. The second-order valence-corrected chi connectivity index (χ2v) is 6.10. The lowest BCUT2D eigenvalue weighted by Crippen LogP contribution is -2.47. The molecule has 126 valence electrons. The highest BCUT2D eigenvalue weighted by Gasteiger charge is 2.22. The Labute approximate surface area is 142 Å². The van der Waals surface area contributed by atoms with Crippen molar-refractivity contribution < 1.29 is 9.59 Å². The van der Waals surface area contributed by atoms with E-state index in [9.17, 15) is 9.59 Å². The molecule has 2 N–H and O–H groups in total. The standard InChI is InChI=1S/C19H23N3O2/c1-14(2)11-17(22-18(23)16-8-4-3-5-9-16)19(24)21-13-15-7-6-10-20-12-15/h3-10,12,14,17H,11,13H2,1-2H3,(H,21,24)(H,22,23)/t17-/m1/s1. The van der Waals surface area contributed by atoms with E-state index in [1.165, 1.54) is 0 Å². The third kappa shape index (κ3) is 5.50. The first-order valence-corrected chi connectivity index (χ1v) is 8.09. The van der Waals surface area contributed by atoms with Crippen molar-refractivity contribution in [3.05, 3.63) is 66.0 Å². The van der Waals surface area contributed by atoms with Gasteiger partial charge in [-0.2, -0.15) is 0 Å². The number of hydrogen-bond donors (Lipinski definition) is 2. The number of carbonyl (C=O) groups is 2. The fraction of sp³-hybridized carbons (Fsp3) is 0.316. The maximum atomic E-state index is 12.5. The Morgan fingerprint density at radius 2 is 1.83 bits per heavy atom. The van der Waals surface area contributed by atoms with Gasteiger partial charge >= 0.3 is 0 Å². The molecule has 2 amide bonds. The number of nitrogens with one attached hydrogen (secondary N) is 2. The minimum absolute atomic E-state index is 0.183. The van der Waals surface area contributed by atoms with Crippen LogP contribution in [0.5, 0.6) is 0 Å². The van der Waals surface area contributed by atoms with Crippen LogP contribution in [-0.4, -0.2) is 22.8 Å². The number of aromatic nitrogens is 1. The normalized spacial score (nSPS) is 11.8. The molecule has 24 heavy (non-hydrogen) atoms. The van der Waals surface area contributed by atoms with Gasteiger partial charge in [-0.3, -0.25) is 14.6 Å². The highest BCUT2D eigenvalue weighted by atomic mass is 16.2. The maximum absolute atomic E-state index is 12.5. The number of benzene rings is 1. The number of hydrogen-bond acceptors (Lipinski definition) is 3. The van der Waals surface area contributed by atoms with E-state index in [-0.39, 0.29) is 17.7 Å². The van der Waals surface area contributed by atoms with Gasteiger partial charge in [0, 0.05) is 24.5 Å². The Hall–Kier alpha value is -2.69. The average molecular weight is 325 g/mol. The SMILES string of the molecule is CC(C)C[C@@H](NC(=O)c1ccccc1)C(=O)NCc1cccnc1. The van der Waals surface area contributed by atoms with Gasteiger partial charge in [-0.25, -0.2) is 0 Å². The maximum Gasteiger partial charge on any atom is 0.251 e. The van der Waals surface area contributed by atoms with Crippen molar-refractivity contribution in [2.24, 2.45) is 5.92 Å². The van der Waals surface area contributed by atoms with Crippen molar-refractivity contribution in [1.82, 2.24) is 15.6 Å². The molecule has 0 radical (unpaired) electrons. The zero-order valence-electron chi connectivity index (χ0n) is 14.0. The van der Waals surface area contributed by atoms with Gasteiger partial charge in [-0.1, -0.05) is 38.1 Å². The van der Waals surface area contributed by atoms with Crippen LogP contribution in [0.15, 0.2) is 54.9 Å². The summed E-state index contributed by atoms with van der Waals surface area (Å²) in [4.78, 5) is 28.8. The van der Waals surface area contributed by atoms with Crippen molar-refractivity contribution >= 4 is 11.8 Å². The van der Waals surface area contributed by atoms with Gasteiger partial charge in [-0.15, -0.1) is 0 Å². The van der Waals surface area contributed by atoms with Crippen molar-refractivity contribution in [2.45, 2.75) is 32.9 Å². The van der Waals surface area contributed by atoms with Crippen LogP contribution < -0.4 is 10.6 Å². The van der Waals surface area contributed by atoms with Crippen molar-refractivity contribution in [2.75, 3.05) is 0 Å². The molecule has 5 nitrogen and oxygen atoms in total. The van der Waals surface area contributed by atoms with E-state index in [0.29, 0.717) is 18.5 Å². The van der Waals surface area contributed by atoms with Crippen molar-refractivity contribution in [3.8, 4) is 0 Å². The topological polar surface area (TPSA) is 71.1 Å². The molecule has 0 spiro atoms. The molecule has 2 aromatic rings. The molecule has 1 aromatic carbocycles. The lowest BCUT2D eigenvalue weighted by atomic mass is 10.0. The first-order valence-electron chi connectivity index (χ1n) is 8.09. The van der Waals surface area contributed by atoms with Crippen LogP contribution in [-0.2, 0) is 11.3 Å². The van der Waals surface area contributed by atoms with E-state index in [1.807, 2.05) is 32.0 Å². The first kappa shape index (κ1) is 17.7. The zero-order valence-corrected chi connectivity index (χ0v) is 14.0. The van der Waals surface area contributed by atoms with Gasteiger partial charge in [0.05, 0.1) is 0 Å². The Morgan fingerprint density at radius 1 is 1.08 bits per heavy atom. The Morgan fingerprint density at radius 3 is 2.46 bits per heavy atom. The van der Waals surface area contributed by atoms with Crippen LogP contribution in [0.3, 0.4) is 0 Å². The summed E-state index contributed by atoms with van der Waals surface area (Å²) < 4.78 is 0. The number of amides is 2. The molecule has 5 heteroatoms. The molecule has 0 saturated carbocycles. The summed E-state index contributed by atoms with van der Waals surface area (Å²) >= 11 is 0. The monoisotopic (exact) mass is 325 g/mol. The second kappa shape index (κ2) is 8.82. The molecule has 1 heterocycles. The minimum atomic E-state index is -0.561. The lowest BCUT2D eigenvalue weighted by molar-refractivity contribution is -0.123. The van der Waals surface area contributed by atoms with Gasteiger partial charge in [0.1, 0.15) is 6.04 Å². The van der Waals surface area contributed by atoms with Crippen LogP contribution in [0.2, 0.25) is 0 Å². The molecular formula is C19H23N3O2. The van der Waals surface area contributed by atoms with E-state index in [0.717, 1.165) is 5.56 Å². The molecular weight excluding hydrogens is 302 g/mol. The summed E-state index contributed by atoms with van der Waals surface area (Å²) in [5.74, 6) is -0.134. The zero-order chi connectivity index (χ0) is 17.4. The molecule has 0 aliphatic heterocycles. The minimum Gasteiger partial charge on any atom is -0.350 e. The lowest BCUT2D eigenvalue weighted by Gasteiger charge is -2.20. The predicted molar refractivity (Wildman–Crippen MR) is 93.2 cm³/mol. The molecule has 2 rings (SSSR count). The van der Waals surface area contributed by atoms with Gasteiger partial charge < -0.3 is 10.6 Å². The van der Waals surface area contributed by atoms with E-state index in [1.54, 1.807) is 36.7 Å². The Bertz CT molecular complexity index is 657. The van der Waals surface area contributed by atoms with E-state index in [2.05, 4.69) is 15.6 Å². The summed E-state index contributed by atoms with van der Waals surface area (Å²) in [6.07, 6.45) is 3.98.